The lowest BCUT2D eigenvalue weighted by Gasteiger charge is -2.18. The molecule has 0 saturated carbocycles. The zero-order valence-corrected chi connectivity index (χ0v) is 9.59. The Morgan fingerprint density at radius 2 is 2.36 bits per heavy atom. The number of allylic oxidation sites excluding steroid dienone is 7. The smallest absolute Gasteiger partial charge is 0.0128 e. The molecule has 0 aromatic heterocycles. The molecular weight excluding hydrogens is 188 g/mol. The van der Waals surface area contributed by atoms with Crippen molar-refractivity contribution < 1.29 is 0 Å². The second-order valence-corrected chi connectivity index (χ2v) is 4.96. The van der Waals surface area contributed by atoms with Gasteiger partial charge in [-0.25, -0.2) is 0 Å². The number of hydrogen-bond donors (Lipinski definition) is 0. The minimum Gasteiger partial charge on any atom is -0.127 e. The third kappa shape index (κ3) is 4.52. The fourth-order valence-corrected chi connectivity index (χ4v) is 2.66. The fourth-order valence-electron chi connectivity index (χ4n) is 1.46. The Labute approximate surface area is 91.5 Å². The van der Waals surface area contributed by atoms with E-state index < -0.39 is 0 Å². The quantitative estimate of drug-likeness (QED) is 0.611. The summed E-state index contributed by atoms with van der Waals surface area (Å²) in [6.07, 6.45) is 16.2. The summed E-state index contributed by atoms with van der Waals surface area (Å²) in [6.45, 7) is 5.83. The van der Waals surface area contributed by atoms with Crippen LogP contribution in [0.3, 0.4) is 0 Å². The maximum absolute atomic E-state index is 3.63. The molecule has 0 aromatic carbocycles. The number of hydrogen-bond acceptors (Lipinski definition) is 1. The van der Waals surface area contributed by atoms with Crippen LogP contribution < -0.4 is 0 Å². The first kappa shape index (κ1) is 11.4. The predicted octanol–water partition coefficient (Wildman–Crippen LogP) is 4.47. The minimum atomic E-state index is 0.786. The summed E-state index contributed by atoms with van der Waals surface area (Å²) in [5.74, 6) is 0. The van der Waals surface area contributed by atoms with Gasteiger partial charge >= 0.3 is 0 Å². The van der Waals surface area contributed by atoms with Crippen molar-refractivity contribution in [3.05, 3.63) is 47.9 Å². The van der Waals surface area contributed by atoms with E-state index in [2.05, 4.69) is 31.7 Å². The molecule has 0 spiro atoms. The molecule has 1 atom stereocenters. The van der Waals surface area contributed by atoms with Crippen LogP contribution in [0.1, 0.15) is 26.2 Å². The molecule has 1 unspecified atom stereocenters. The molecule has 0 N–H and O–H groups in total. The summed E-state index contributed by atoms with van der Waals surface area (Å²) in [6, 6.07) is 0. The van der Waals surface area contributed by atoms with Crippen molar-refractivity contribution in [1.82, 2.24) is 0 Å². The molecule has 0 aromatic rings. The summed E-state index contributed by atoms with van der Waals surface area (Å²) in [5.41, 5.74) is 0. The van der Waals surface area contributed by atoms with Gasteiger partial charge in [0.05, 0.1) is 0 Å². The van der Waals surface area contributed by atoms with Crippen LogP contribution in [0.5, 0.6) is 0 Å². The fraction of sp³-hybridized carbons (Fsp3) is 0.385. The first-order valence-electron chi connectivity index (χ1n) is 5.10. The molecular formula is C13H18S. The second-order valence-electron chi connectivity index (χ2n) is 3.42. The highest BCUT2D eigenvalue weighted by Gasteiger charge is 2.11. The van der Waals surface area contributed by atoms with Crippen molar-refractivity contribution in [2.24, 2.45) is 0 Å². The summed E-state index contributed by atoms with van der Waals surface area (Å²) in [4.78, 5) is 1.48. The Balaban J connectivity index is 2.25. The van der Waals surface area contributed by atoms with E-state index in [1.54, 1.807) is 6.08 Å². The Hall–Kier alpha value is -0.690. The van der Waals surface area contributed by atoms with Crippen LogP contribution in [-0.2, 0) is 0 Å². The van der Waals surface area contributed by atoms with Gasteiger partial charge in [0.25, 0.3) is 0 Å². The lowest BCUT2D eigenvalue weighted by atomic mass is 10.1. The monoisotopic (exact) mass is 206 g/mol. The van der Waals surface area contributed by atoms with E-state index >= 15 is 0 Å². The molecule has 0 fully saturated rings. The molecule has 1 aliphatic heterocycles. The van der Waals surface area contributed by atoms with Crippen LogP contribution in [0, 0.1) is 0 Å². The summed E-state index contributed by atoms with van der Waals surface area (Å²) < 4.78 is 0. The normalized spacial score (nSPS) is 22.9. The lowest BCUT2D eigenvalue weighted by Crippen LogP contribution is -2.04. The predicted molar refractivity (Wildman–Crippen MR) is 67.5 cm³/mol. The Bertz CT molecular complexity index is 258. The molecule has 0 aliphatic carbocycles. The molecule has 14 heavy (non-hydrogen) atoms. The van der Waals surface area contributed by atoms with Gasteiger partial charge in [-0.3, -0.25) is 0 Å². The first-order chi connectivity index (χ1) is 6.83. The van der Waals surface area contributed by atoms with Gasteiger partial charge < -0.3 is 0 Å². The Morgan fingerprint density at radius 3 is 3.07 bits per heavy atom. The van der Waals surface area contributed by atoms with Gasteiger partial charge in [0, 0.05) is 5.25 Å². The average Bonchev–Trinajstić information content (AvgIpc) is 2.18. The lowest BCUT2D eigenvalue weighted by molar-refractivity contribution is 0.772. The average molecular weight is 206 g/mol. The first-order valence-corrected chi connectivity index (χ1v) is 5.98. The highest BCUT2D eigenvalue weighted by Crippen LogP contribution is 2.32. The largest absolute Gasteiger partial charge is 0.127 e. The van der Waals surface area contributed by atoms with E-state index in [1.807, 2.05) is 23.9 Å². The van der Waals surface area contributed by atoms with Crippen molar-refractivity contribution in [1.29, 1.82) is 0 Å². The van der Waals surface area contributed by atoms with E-state index in [-0.39, 0.29) is 0 Å². The topological polar surface area (TPSA) is 0 Å². The summed E-state index contributed by atoms with van der Waals surface area (Å²) in [7, 11) is 0. The highest BCUT2D eigenvalue weighted by molar-refractivity contribution is 8.03. The molecule has 1 heterocycles. The van der Waals surface area contributed by atoms with Gasteiger partial charge in [-0.05, 0) is 31.1 Å². The van der Waals surface area contributed by atoms with E-state index in [0.29, 0.717) is 0 Å². The zero-order chi connectivity index (χ0) is 10.2. The molecule has 0 radical (unpaired) electrons. The van der Waals surface area contributed by atoms with E-state index in [0.717, 1.165) is 5.25 Å². The van der Waals surface area contributed by atoms with Crippen molar-refractivity contribution in [2.45, 2.75) is 31.4 Å². The van der Waals surface area contributed by atoms with Gasteiger partial charge in [0.15, 0.2) is 0 Å². The van der Waals surface area contributed by atoms with E-state index in [1.165, 1.54) is 24.2 Å². The van der Waals surface area contributed by atoms with Gasteiger partial charge in [0.1, 0.15) is 0 Å². The Morgan fingerprint density at radius 1 is 1.50 bits per heavy atom. The van der Waals surface area contributed by atoms with Crippen molar-refractivity contribution in [3.63, 3.8) is 0 Å². The molecule has 1 aliphatic rings. The van der Waals surface area contributed by atoms with Gasteiger partial charge in [-0.1, -0.05) is 43.0 Å². The standard InChI is InChI=1S/C13H18S/c1-3-4-5-6-7-10-13-11-8-9-12(2)14-13/h3-7,9,13H,1,8,10-11H2,2H3/b5-4-,7-6-. The van der Waals surface area contributed by atoms with Gasteiger partial charge in [-0.2, -0.15) is 0 Å². The van der Waals surface area contributed by atoms with Crippen molar-refractivity contribution >= 4 is 11.8 Å². The van der Waals surface area contributed by atoms with Crippen LogP contribution in [0.25, 0.3) is 0 Å². The SMILES string of the molecule is C=C/C=C\C=C/CC1CCC=C(C)S1. The maximum atomic E-state index is 3.63. The maximum Gasteiger partial charge on any atom is 0.0128 e. The van der Waals surface area contributed by atoms with E-state index in [4.69, 9.17) is 0 Å². The molecule has 0 saturated heterocycles. The van der Waals surface area contributed by atoms with Crippen molar-refractivity contribution in [3.8, 4) is 0 Å². The van der Waals surface area contributed by atoms with Crippen LogP contribution in [-0.4, -0.2) is 5.25 Å². The second kappa shape index (κ2) is 6.72. The molecule has 76 valence electrons. The zero-order valence-electron chi connectivity index (χ0n) is 8.78. The van der Waals surface area contributed by atoms with Crippen molar-refractivity contribution in [2.75, 3.05) is 0 Å². The highest BCUT2D eigenvalue weighted by atomic mass is 32.2. The summed E-state index contributed by atoms with van der Waals surface area (Å²) in [5, 5.41) is 0.786. The minimum absolute atomic E-state index is 0.786. The van der Waals surface area contributed by atoms with Crippen LogP contribution in [0.2, 0.25) is 0 Å². The van der Waals surface area contributed by atoms with Crippen LogP contribution in [0.4, 0.5) is 0 Å². The van der Waals surface area contributed by atoms with E-state index in [9.17, 15) is 0 Å². The number of thioether (sulfide) groups is 1. The van der Waals surface area contributed by atoms with Crippen LogP contribution in [0.15, 0.2) is 47.9 Å². The third-order valence-electron chi connectivity index (χ3n) is 2.17. The molecule has 0 nitrogen and oxygen atoms in total. The molecule has 1 rings (SSSR count). The summed E-state index contributed by atoms with van der Waals surface area (Å²) >= 11 is 2.02. The van der Waals surface area contributed by atoms with Gasteiger partial charge in [0.2, 0.25) is 0 Å². The van der Waals surface area contributed by atoms with Gasteiger partial charge in [-0.15, -0.1) is 11.8 Å². The third-order valence-corrected chi connectivity index (χ3v) is 3.47. The number of rotatable bonds is 4. The Kier molecular flexibility index (Phi) is 5.46. The molecule has 0 bridgehead atoms. The molecule has 0 amide bonds. The molecule has 1 heteroatoms. The van der Waals surface area contributed by atoms with Crippen LogP contribution >= 0.6 is 11.8 Å².